The molecule has 1 aliphatic rings. The topological polar surface area (TPSA) is 29.5 Å². The van der Waals surface area contributed by atoms with Crippen LogP contribution in [0.3, 0.4) is 0 Å². The second kappa shape index (κ2) is 4.93. The van der Waals surface area contributed by atoms with Crippen molar-refractivity contribution in [3.05, 3.63) is 35.4 Å². The number of hydrogen-bond acceptors (Lipinski definition) is 2. The van der Waals surface area contributed by atoms with Crippen LogP contribution in [0.5, 0.6) is 0 Å². The third kappa shape index (κ3) is 2.99. The molecule has 3 nitrogen and oxygen atoms in total. The Kier molecular flexibility index (Phi) is 3.68. The molecule has 0 aromatic heterocycles. The average molecular weight is 301 g/mol. The van der Waals surface area contributed by atoms with Crippen LogP contribution in [-0.2, 0) is 10.9 Å². The highest BCUT2D eigenvalue weighted by Crippen LogP contribution is 2.38. The number of rotatable bonds is 1. The fourth-order valence-electron chi connectivity index (χ4n) is 2.69. The number of carbonyl (C=O) groups excluding carboxylic acids is 1. The van der Waals surface area contributed by atoms with E-state index in [1.54, 1.807) is 17.9 Å². The summed E-state index contributed by atoms with van der Waals surface area (Å²) in [7, 11) is 0. The van der Waals surface area contributed by atoms with Crippen molar-refractivity contribution in [2.24, 2.45) is 0 Å². The van der Waals surface area contributed by atoms with Crippen LogP contribution in [0, 0.1) is 0 Å². The predicted molar refractivity (Wildman–Crippen MR) is 71.7 cm³/mol. The van der Waals surface area contributed by atoms with Gasteiger partial charge in [0.1, 0.15) is 6.10 Å². The van der Waals surface area contributed by atoms with E-state index in [4.69, 9.17) is 4.74 Å². The van der Waals surface area contributed by atoms with Crippen molar-refractivity contribution in [1.29, 1.82) is 0 Å². The van der Waals surface area contributed by atoms with Gasteiger partial charge in [-0.15, -0.1) is 0 Å². The monoisotopic (exact) mass is 301 g/mol. The molecule has 1 saturated heterocycles. The summed E-state index contributed by atoms with van der Waals surface area (Å²) in [5, 5.41) is 0. The summed E-state index contributed by atoms with van der Waals surface area (Å²) >= 11 is 0. The Hall–Kier alpha value is -1.72. The second-order valence-corrected chi connectivity index (χ2v) is 6.21. The normalized spacial score (nSPS) is 23.4. The molecule has 0 bridgehead atoms. The Bertz CT molecular complexity index is 549. The maximum absolute atomic E-state index is 12.8. The molecule has 0 saturated carbocycles. The fourth-order valence-corrected chi connectivity index (χ4v) is 2.69. The minimum atomic E-state index is -4.41. The third-order valence-corrected chi connectivity index (χ3v) is 3.54. The molecule has 1 fully saturated rings. The van der Waals surface area contributed by atoms with Crippen molar-refractivity contribution in [2.75, 3.05) is 0 Å². The highest BCUT2D eigenvalue weighted by atomic mass is 19.4. The number of benzene rings is 1. The number of ether oxygens (including phenoxy) is 1. The predicted octanol–water partition coefficient (Wildman–Crippen LogP) is 4.39. The summed E-state index contributed by atoms with van der Waals surface area (Å²) in [6, 6.07) is 4.60. The van der Waals surface area contributed by atoms with Gasteiger partial charge in [0, 0.05) is 5.54 Å². The Balaban J connectivity index is 2.34. The van der Waals surface area contributed by atoms with Gasteiger partial charge in [0.2, 0.25) is 0 Å². The van der Waals surface area contributed by atoms with Gasteiger partial charge in [-0.25, -0.2) is 4.79 Å². The van der Waals surface area contributed by atoms with Gasteiger partial charge in [0.05, 0.1) is 11.6 Å². The van der Waals surface area contributed by atoms with E-state index in [9.17, 15) is 18.0 Å². The van der Waals surface area contributed by atoms with E-state index in [2.05, 4.69) is 0 Å². The standard InChI is InChI=1S/C15H18F3NO2/c1-9-12(21-13(20)19(9)14(2,3)4)10-6-5-7-11(8-10)15(16,17)18/h5-9,12H,1-4H3/t9-,12-/m0/s1. The molecule has 1 aromatic carbocycles. The lowest BCUT2D eigenvalue weighted by Crippen LogP contribution is -2.46. The number of nitrogens with zero attached hydrogens (tertiary/aromatic N) is 1. The molecule has 1 aliphatic heterocycles. The third-order valence-electron chi connectivity index (χ3n) is 3.54. The maximum atomic E-state index is 12.8. The zero-order valence-electron chi connectivity index (χ0n) is 12.4. The van der Waals surface area contributed by atoms with E-state index in [0.717, 1.165) is 12.1 Å². The molecule has 2 rings (SSSR count). The first-order valence-corrected chi connectivity index (χ1v) is 6.69. The molecule has 2 atom stereocenters. The summed E-state index contributed by atoms with van der Waals surface area (Å²) in [4.78, 5) is 13.5. The fraction of sp³-hybridized carbons (Fsp3) is 0.533. The Morgan fingerprint density at radius 3 is 2.29 bits per heavy atom. The van der Waals surface area contributed by atoms with Crippen LogP contribution in [0.25, 0.3) is 0 Å². The second-order valence-electron chi connectivity index (χ2n) is 6.21. The minimum absolute atomic E-state index is 0.332. The van der Waals surface area contributed by atoms with Crippen molar-refractivity contribution in [3.63, 3.8) is 0 Å². The van der Waals surface area contributed by atoms with Crippen LogP contribution in [0.1, 0.15) is 44.9 Å². The number of amides is 1. The summed E-state index contributed by atoms with van der Waals surface area (Å²) < 4.78 is 43.6. The molecular formula is C15H18F3NO2. The summed E-state index contributed by atoms with van der Waals surface area (Å²) in [6.07, 6.45) is -5.61. The van der Waals surface area contributed by atoms with E-state index < -0.39 is 29.5 Å². The number of cyclic esters (lactones) is 1. The molecule has 21 heavy (non-hydrogen) atoms. The maximum Gasteiger partial charge on any atom is 0.416 e. The van der Waals surface area contributed by atoms with Crippen LogP contribution in [0.2, 0.25) is 0 Å². The first kappa shape index (κ1) is 15.7. The minimum Gasteiger partial charge on any atom is -0.439 e. The van der Waals surface area contributed by atoms with E-state index >= 15 is 0 Å². The quantitative estimate of drug-likeness (QED) is 0.770. The van der Waals surface area contributed by atoms with Gasteiger partial charge in [0.15, 0.2) is 0 Å². The van der Waals surface area contributed by atoms with E-state index in [0.29, 0.717) is 5.56 Å². The van der Waals surface area contributed by atoms with Gasteiger partial charge < -0.3 is 4.74 Å². The number of alkyl halides is 3. The highest BCUT2D eigenvalue weighted by molar-refractivity contribution is 5.72. The summed E-state index contributed by atoms with van der Waals surface area (Å²) in [5.74, 6) is 0. The van der Waals surface area contributed by atoms with Gasteiger partial charge in [-0.3, -0.25) is 4.90 Å². The molecule has 0 aliphatic carbocycles. The van der Waals surface area contributed by atoms with Crippen LogP contribution in [0.4, 0.5) is 18.0 Å². The highest BCUT2D eigenvalue weighted by Gasteiger charge is 2.45. The van der Waals surface area contributed by atoms with Crippen molar-refractivity contribution in [2.45, 2.75) is 51.6 Å². The molecule has 116 valence electrons. The molecule has 1 amide bonds. The molecule has 0 spiro atoms. The van der Waals surface area contributed by atoms with Crippen molar-refractivity contribution in [3.8, 4) is 0 Å². The van der Waals surface area contributed by atoms with E-state index in [1.165, 1.54) is 6.07 Å². The molecular weight excluding hydrogens is 283 g/mol. The van der Waals surface area contributed by atoms with Gasteiger partial charge in [-0.05, 0) is 45.4 Å². The Morgan fingerprint density at radius 2 is 1.81 bits per heavy atom. The molecule has 1 aromatic rings. The lowest BCUT2D eigenvalue weighted by atomic mass is 9.97. The molecule has 0 radical (unpaired) electrons. The van der Waals surface area contributed by atoms with Crippen molar-refractivity contribution in [1.82, 2.24) is 4.90 Å². The zero-order chi connectivity index (χ0) is 16.0. The number of carbonyl (C=O) groups is 1. The van der Waals surface area contributed by atoms with Crippen molar-refractivity contribution >= 4 is 6.09 Å². The van der Waals surface area contributed by atoms with Crippen molar-refractivity contribution < 1.29 is 22.7 Å². The van der Waals surface area contributed by atoms with E-state index in [1.807, 2.05) is 20.8 Å². The Morgan fingerprint density at radius 1 is 1.19 bits per heavy atom. The Labute approximate surface area is 121 Å². The zero-order valence-corrected chi connectivity index (χ0v) is 12.4. The van der Waals surface area contributed by atoms with Crippen LogP contribution >= 0.6 is 0 Å². The van der Waals surface area contributed by atoms with Gasteiger partial charge in [-0.1, -0.05) is 12.1 Å². The lowest BCUT2D eigenvalue weighted by molar-refractivity contribution is -0.137. The number of hydrogen-bond donors (Lipinski definition) is 0. The SMILES string of the molecule is C[C@H]1[C@@H](c2cccc(C(F)(F)F)c2)OC(=O)N1C(C)(C)C. The van der Waals surface area contributed by atoms with Crippen LogP contribution in [-0.4, -0.2) is 22.6 Å². The smallest absolute Gasteiger partial charge is 0.416 e. The molecule has 1 heterocycles. The van der Waals surface area contributed by atoms with Gasteiger partial charge in [-0.2, -0.15) is 13.2 Å². The molecule has 6 heteroatoms. The van der Waals surface area contributed by atoms with Gasteiger partial charge >= 0.3 is 12.3 Å². The van der Waals surface area contributed by atoms with Gasteiger partial charge in [0.25, 0.3) is 0 Å². The summed E-state index contributed by atoms with van der Waals surface area (Å²) in [6.45, 7) is 7.36. The van der Waals surface area contributed by atoms with E-state index in [-0.39, 0.29) is 6.04 Å². The van der Waals surface area contributed by atoms with Crippen LogP contribution in [0.15, 0.2) is 24.3 Å². The van der Waals surface area contributed by atoms with Crippen LogP contribution < -0.4 is 0 Å². The lowest BCUT2D eigenvalue weighted by Gasteiger charge is -2.33. The molecule has 0 N–H and O–H groups in total. The average Bonchev–Trinajstić information content (AvgIpc) is 2.63. The molecule has 0 unspecified atom stereocenters. The number of halogens is 3. The first-order valence-electron chi connectivity index (χ1n) is 6.69. The largest absolute Gasteiger partial charge is 0.439 e. The first-order chi connectivity index (χ1) is 9.51. The summed E-state index contributed by atoms with van der Waals surface area (Å²) in [5.41, 5.74) is -0.831.